The number of aliphatic hydroxyl groups excluding tert-OH is 1. The number of nitrogens with zero attached hydrogens (tertiary/aromatic N) is 1. The number of aromatic nitrogens is 3. The number of carbonyl (C=O) groups excluding carboxylic acids is 3. The fourth-order valence-corrected chi connectivity index (χ4v) is 4.43. The zero-order chi connectivity index (χ0) is 28.4. The maximum atomic E-state index is 13.1. The molecule has 0 aliphatic carbocycles. The number of amides is 3. The molecule has 2 aromatic heterocycles. The molecule has 0 spiro atoms. The van der Waals surface area contributed by atoms with Crippen LogP contribution in [0.5, 0.6) is 0 Å². The van der Waals surface area contributed by atoms with Crippen LogP contribution in [0.3, 0.4) is 0 Å². The van der Waals surface area contributed by atoms with Crippen molar-refractivity contribution in [2.45, 2.75) is 43.4 Å². The Balaban J connectivity index is 1.68. The highest BCUT2D eigenvalue weighted by atomic mass is 32.2. The van der Waals surface area contributed by atoms with E-state index in [0.717, 1.165) is 10.9 Å². The van der Waals surface area contributed by atoms with E-state index in [1.165, 1.54) is 24.3 Å². The molecule has 39 heavy (non-hydrogen) atoms. The number of H-pyrrole nitrogens is 2. The molecule has 14 heteroatoms. The monoisotopic (exact) mass is 559 g/mol. The van der Waals surface area contributed by atoms with E-state index in [-0.39, 0.29) is 12.8 Å². The number of nitrogens with one attached hydrogen (secondary N) is 5. The Morgan fingerprint density at radius 3 is 2.36 bits per heavy atom. The second-order valence-electron chi connectivity index (χ2n) is 8.94. The van der Waals surface area contributed by atoms with E-state index in [0.29, 0.717) is 23.4 Å². The van der Waals surface area contributed by atoms with Gasteiger partial charge >= 0.3 is 5.97 Å². The molecule has 13 nitrogen and oxygen atoms in total. The molecule has 0 aliphatic rings. The number of carboxylic acid groups (broad SMARTS) is 1. The van der Waals surface area contributed by atoms with E-state index >= 15 is 0 Å². The van der Waals surface area contributed by atoms with Gasteiger partial charge in [-0.3, -0.25) is 14.4 Å². The minimum absolute atomic E-state index is 0.0188. The van der Waals surface area contributed by atoms with Gasteiger partial charge in [0.25, 0.3) is 0 Å². The Labute approximate surface area is 228 Å². The van der Waals surface area contributed by atoms with Gasteiger partial charge in [0, 0.05) is 41.8 Å². The summed E-state index contributed by atoms with van der Waals surface area (Å²) < 4.78 is 0. The number of hydrogen-bond donors (Lipinski definition) is 8. The van der Waals surface area contributed by atoms with Crippen LogP contribution in [0.2, 0.25) is 0 Å². The summed E-state index contributed by atoms with van der Waals surface area (Å²) in [5.41, 5.74) is 7.98. The Hall–Kier alpha value is -3.88. The maximum absolute atomic E-state index is 13.1. The fourth-order valence-electron chi connectivity index (χ4n) is 3.94. The number of rotatable bonds is 15. The van der Waals surface area contributed by atoms with Crippen LogP contribution in [0.4, 0.5) is 0 Å². The van der Waals surface area contributed by atoms with Gasteiger partial charge in [0.15, 0.2) is 0 Å². The molecule has 2 heterocycles. The van der Waals surface area contributed by atoms with Crippen molar-refractivity contribution in [1.29, 1.82) is 0 Å². The van der Waals surface area contributed by atoms with Gasteiger partial charge < -0.3 is 41.9 Å². The van der Waals surface area contributed by atoms with Gasteiger partial charge in [-0.25, -0.2) is 9.78 Å². The van der Waals surface area contributed by atoms with E-state index in [1.807, 2.05) is 30.5 Å². The van der Waals surface area contributed by atoms with Crippen molar-refractivity contribution in [2.75, 3.05) is 18.6 Å². The van der Waals surface area contributed by atoms with E-state index in [4.69, 9.17) is 5.73 Å². The third-order valence-corrected chi connectivity index (χ3v) is 6.75. The lowest BCUT2D eigenvalue weighted by atomic mass is 10.0. The first-order valence-corrected chi connectivity index (χ1v) is 13.6. The zero-order valence-corrected chi connectivity index (χ0v) is 22.2. The molecule has 0 saturated carbocycles. The van der Waals surface area contributed by atoms with Crippen LogP contribution < -0.4 is 21.7 Å². The largest absolute Gasteiger partial charge is 0.480 e. The second-order valence-corrected chi connectivity index (χ2v) is 9.92. The lowest BCUT2D eigenvalue weighted by Gasteiger charge is -2.24. The number of carboxylic acids is 1. The second kappa shape index (κ2) is 14.3. The van der Waals surface area contributed by atoms with Crippen molar-refractivity contribution in [3.05, 3.63) is 54.2 Å². The number of benzene rings is 1. The minimum atomic E-state index is -1.46. The first kappa shape index (κ1) is 29.7. The minimum Gasteiger partial charge on any atom is -0.480 e. The van der Waals surface area contributed by atoms with Gasteiger partial charge in [-0.2, -0.15) is 11.8 Å². The summed E-state index contributed by atoms with van der Waals surface area (Å²) in [5, 5.41) is 27.8. The third kappa shape index (κ3) is 8.30. The van der Waals surface area contributed by atoms with Crippen molar-refractivity contribution < 1.29 is 29.4 Å². The average Bonchev–Trinajstić information content (AvgIpc) is 3.59. The predicted molar refractivity (Wildman–Crippen MR) is 146 cm³/mol. The van der Waals surface area contributed by atoms with Crippen LogP contribution in [-0.2, 0) is 32.0 Å². The molecule has 4 unspecified atom stereocenters. The van der Waals surface area contributed by atoms with Gasteiger partial charge in [-0.1, -0.05) is 18.2 Å². The number of fused-ring (bicyclic) bond motifs is 1. The van der Waals surface area contributed by atoms with Crippen LogP contribution >= 0.6 is 11.8 Å². The number of para-hydroxylation sites is 1. The van der Waals surface area contributed by atoms with Crippen molar-refractivity contribution in [2.24, 2.45) is 5.73 Å². The standard InChI is InChI=1S/C25H33N7O6S/c1-39-7-6-17(26)22(34)30-19(9-15-11-27-13-29-15)23(35)32-21(12-33)24(36)31-20(25(37)38)8-14-10-28-18-5-3-2-4-16(14)18/h2-5,10-11,13,17,19-21,28,33H,6-9,12,26H2,1H3,(H,27,29)(H,30,34)(H,31,36)(H,32,35)(H,37,38). The number of hydrogen-bond acceptors (Lipinski definition) is 8. The zero-order valence-electron chi connectivity index (χ0n) is 21.3. The lowest BCUT2D eigenvalue weighted by molar-refractivity contribution is -0.142. The molecule has 3 aromatic rings. The highest BCUT2D eigenvalue weighted by molar-refractivity contribution is 7.98. The Bertz CT molecular complexity index is 1260. The van der Waals surface area contributed by atoms with Gasteiger partial charge in [-0.05, 0) is 30.1 Å². The molecular formula is C25H33N7O6S. The highest BCUT2D eigenvalue weighted by Crippen LogP contribution is 2.19. The molecule has 3 rings (SSSR count). The summed E-state index contributed by atoms with van der Waals surface area (Å²) in [5.74, 6) is -2.81. The first-order chi connectivity index (χ1) is 18.7. The maximum Gasteiger partial charge on any atom is 0.326 e. The van der Waals surface area contributed by atoms with Crippen molar-refractivity contribution in [1.82, 2.24) is 30.9 Å². The smallest absolute Gasteiger partial charge is 0.326 e. The van der Waals surface area contributed by atoms with E-state index in [9.17, 15) is 29.4 Å². The molecule has 0 fully saturated rings. The molecule has 9 N–H and O–H groups in total. The summed E-state index contributed by atoms with van der Waals surface area (Å²) in [6, 6.07) is 2.57. The Morgan fingerprint density at radius 2 is 1.69 bits per heavy atom. The number of aliphatic carboxylic acids is 1. The molecule has 1 aromatic carbocycles. The molecule has 0 radical (unpaired) electrons. The quantitative estimate of drug-likeness (QED) is 0.118. The number of carbonyl (C=O) groups is 4. The first-order valence-electron chi connectivity index (χ1n) is 12.2. The fraction of sp³-hybridized carbons (Fsp3) is 0.400. The van der Waals surface area contributed by atoms with Crippen molar-refractivity contribution in [3.8, 4) is 0 Å². The molecule has 4 atom stereocenters. The molecule has 0 bridgehead atoms. The molecule has 3 amide bonds. The van der Waals surface area contributed by atoms with Gasteiger partial charge in [-0.15, -0.1) is 0 Å². The third-order valence-electron chi connectivity index (χ3n) is 6.11. The van der Waals surface area contributed by atoms with Gasteiger partial charge in [0.05, 0.1) is 19.0 Å². The van der Waals surface area contributed by atoms with E-state index in [1.54, 1.807) is 6.20 Å². The summed E-state index contributed by atoms with van der Waals surface area (Å²) in [6.45, 7) is -0.797. The van der Waals surface area contributed by atoms with Crippen LogP contribution in [0.1, 0.15) is 17.7 Å². The van der Waals surface area contributed by atoms with Gasteiger partial charge in [0.1, 0.15) is 18.1 Å². The SMILES string of the molecule is CSCCC(N)C(=O)NC(Cc1cnc[nH]1)C(=O)NC(CO)C(=O)NC(Cc1c[nH]c2ccccc12)C(=O)O. The number of imidazole rings is 1. The van der Waals surface area contributed by atoms with Crippen molar-refractivity contribution in [3.63, 3.8) is 0 Å². The normalized spacial score (nSPS) is 14.2. The van der Waals surface area contributed by atoms with Crippen LogP contribution in [0.25, 0.3) is 10.9 Å². The van der Waals surface area contributed by atoms with Gasteiger partial charge in [0.2, 0.25) is 17.7 Å². The summed E-state index contributed by atoms with van der Waals surface area (Å²) >= 11 is 1.53. The molecule has 210 valence electrons. The van der Waals surface area contributed by atoms with Crippen LogP contribution in [0, 0.1) is 0 Å². The summed E-state index contributed by atoms with van der Waals surface area (Å²) in [7, 11) is 0. The van der Waals surface area contributed by atoms with Crippen molar-refractivity contribution >= 4 is 46.4 Å². The predicted octanol–water partition coefficient (Wildman–Crippen LogP) is -0.712. The van der Waals surface area contributed by atoms with Crippen LogP contribution in [0.15, 0.2) is 43.0 Å². The summed E-state index contributed by atoms with van der Waals surface area (Å²) in [4.78, 5) is 60.4. The number of aliphatic hydroxyl groups is 1. The topological polar surface area (TPSA) is 215 Å². The van der Waals surface area contributed by atoms with E-state index in [2.05, 4.69) is 30.9 Å². The van der Waals surface area contributed by atoms with Crippen LogP contribution in [-0.4, -0.2) is 91.6 Å². The Morgan fingerprint density at radius 1 is 1.00 bits per heavy atom. The molecule has 0 saturated heterocycles. The average molecular weight is 560 g/mol. The molecular weight excluding hydrogens is 526 g/mol. The lowest BCUT2D eigenvalue weighted by Crippen LogP contribution is -2.58. The number of aromatic amines is 2. The Kier molecular flexibility index (Phi) is 10.9. The molecule has 0 aliphatic heterocycles. The number of thioether (sulfide) groups is 1. The number of nitrogens with two attached hydrogens (primary N) is 1. The summed E-state index contributed by atoms with van der Waals surface area (Å²) in [6.07, 6.45) is 6.85. The highest BCUT2D eigenvalue weighted by Gasteiger charge is 2.30. The van der Waals surface area contributed by atoms with E-state index < -0.39 is 54.5 Å².